The largest absolute Gasteiger partial charge is 0.474 e. The molecule has 0 bridgehead atoms. The third kappa shape index (κ3) is 5.19. The molecule has 0 radical (unpaired) electrons. The topological polar surface area (TPSA) is 117 Å². The molecule has 2 saturated carbocycles. The SMILES string of the molecule is CC(=O)C1(c2c(C)cccc2F)CC(Oc2ccc3[nH]ncc3n2)C1.CCC(=O)NC1CC(O)C1. The number of aryl methyl sites for hydroxylation is 1. The van der Waals surface area contributed by atoms with Gasteiger partial charge in [-0.05, 0) is 44.4 Å². The molecule has 2 aromatic heterocycles. The van der Waals surface area contributed by atoms with Gasteiger partial charge in [0.1, 0.15) is 23.2 Å². The van der Waals surface area contributed by atoms with E-state index >= 15 is 0 Å². The number of benzene rings is 1. The summed E-state index contributed by atoms with van der Waals surface area (Å²) in [5.41, 5.74) is 2.05. The summed E-state index contributed by atoms with van der Waals surface area (Å²) in [6.07, 6.45) is 4.18. The minimum atomic E-state index is -0.806. The molecular weight excluding hydrogens is 451 g/mol. The van der Waals surface area contributed by atoms with Crippen LogP contribution in [0.2, 0.25) is 0 Å². The van der Waals surface area contributed by atoms with E-state index in [0.29, 0.717) is 30.7 Å². The number of carbonyl (C=O) groups is 2. The zero-order valence-electron chi connectivity index (χ0n) is 20.2. The number of nitrogens with zero attached hydrogens (tertiary/aromatic N) is 2. The molecule has 3 aromatic rings. The van der Waals surface area contributed by atoms with Gasteiger partial charge < -0.3 is 15.2 Å². The lowest BCUT2D eigenvalue weighted by molar-refractivity contribution is -0.130. The Labute approximate surface area is 203 Å². The van der Waals surface area contributed by atoms with Crippen molar-refractivity contribution < 1.29 is 23.8 Å². The number of ether oxygens (including phenoxy) is 1. The van der Waals surface area contributed by atoms with Gasteiger partial charge in [-0.15, -0.1) is 0 Å². The number of carbonyl (C=O) groups excluding carboxylic acids is 2. The van der Waals surface area contributed by atoms with Crippen molar-refractivity contribution in [3.8, 4) is 5.88 Å². The number of amides is 1. The van der Waals surface area contributed by atoms with E-state index in [1.54, 1.807) is 18.3 Å². The molecule has 5 rings (SSSR count). The van der Waals surface area contributed by atoms with Crippen molar-refractivity contribution in [3.63, 3.8) is 0 Å². The number of hydrogen-bond donors (Lipinski definition) is 3. The van der Waals surface area contributed by atoms with E-state index in [1.165, 1.54) is 13.0 Å². The van der Waals surface area contributed by atoms with Crippen molar-refractivity contribution in [1.82, 2.24) is 20.5 Å². The minimum Gasteiger partial charge on any atom is -0.474 e. The number of nitrogens with one attached hydrogen (secondary N) is 2. The van der Waals surface area contributed by atoms with Crippen LogP contribution in [0.25, 0.3) is 11.0 Å². The average Bonchev–Trinajstić information content (AvgIpc) is 3.24. The third-order valence-electron chi connectivity index (χ3n) is 6.88. The zero-order chi connectivity index (χ0) is 25.2. The van der Waals surface area contributed by atoms with E-state index in [0.717, 1.165) is 29.4 Å². The van der Waals surface area contributed by atoms with E-state index in [-0.39, 0.29) is 35.8 Å². The Morgan fingerprint density at radius 1 is 1.26 bits per heavy atom. The number of aromatic nitrogens is 3. The lowest BCUT2D eigenvalue weighted by Crippen LogP contribution is -2.52. The molecule has 8 nitrogen and oxygen atoms in total. The third-order valence-corrected chi connectivity index (χ3v) is 6.88. The second kappa shape index (κ2) is 10.1. The summed E-state index contributed by atoms with van der Waals surface area (Å²) in [5.74, 6) is 0.212. The van der Waals surface area contributed by atoms with Crippen LogP contribution in [0.4, 0.5) is 4.39 Å². The summed E-state index contributed by atoms with van der Waals surface area (Å²) < 4.78 is 20.3. The van der Waals surface area contributed by atoms with Crippen molar-refractivity contribution in [2.45, 2.75) is 76.5 Å². The van der Waals surface area contributed by atoms with E-state index in [1.807, 2.05) is 26.0 Å². The number of hydrogen-bond acceptors (Lipinski definition) is 6. The van der Waals surface area contributed by atoms with Crippen molar-refractivity contribution in [3.05, 3.63) is 53.5 Å². The maximum absolute atomic E-state index is 14.4. The molecule has 0 saturated heterocycles. The predicted molar refractivity (Wildman–Crippen MR) is 128 cm³/mol. The molecule has 3 N–H and O–H groups in total. The summed E-state index contributed by atoms with van der Waals surface area (Å²) in [6, 6.07) is 8.77. The van der Waals surface area contributed by atoms with E-state index in [2.05, 4.69) is 20.5 Å². The van der Waals surface area contributed by atoms with Gasteiger partial charge in [0.2, 0.25) is 11.8 Å². The van der Waals surface area contributed by atoms with Gasteiger partial charge in [0.25, 0.3) is 0 Å². The first-order valence-electron chi connectivity index (χ1n) is 11.9. The Hall–Kier alpha value is -3.33. The lowest BCUT2D eigenvalue weighted by atomic mass is 9.59. The van der Waals surface area contributed by atoms with Crippen LogP contribution in [0.1, 0.15) is 57.1 Å². The molecule has 2 heterocycles. The van der Waals surface area contributed by atoms with Crippen LogP contribution in [-0.2, 0) is 15.0 Å². The van der Waals surface area contributed by atoms with Crippen LogP contribution in [0.15, 0.2) is 36.5 Å². The van der Waals surface area contributed by atoms with Crippen molar-refractivity contribution >= 4 is 22.7 Å². The molecule has 0 unspecified atom stereocenters. The summed E-state index contributed by atoms with van der Waals surface area (Å²) in [5, 5.41) is 18.4. The molecule has 0 spiro atoms. The highest BCUT2D eigenvalue weighted by Gasteiger charge is 2.52. The molecule has 2 aliphatic rings. The van der Waals surface area contributed by atoms with E-state index in [9.17, 15) is 14.0 Å². The predicted octanol–water partition coefficient (Wildman–Crippen LogP) is 3.51. The van der Waals surface area contributed by atoms with Gasteiger partial charge >= 0.3 is 0 Å². The van der Waals surface area contributed by atoms with Crippen LogP contribution >= 0.6 is 0 Å². The van der Waals surface area contributed by atoms with E-state index in [4.69, 9.17) is 9.84 Å². The average molecular weight is 483 g/mol. The first-order valence-corrected chi connectivity index (χ1v) is 11.9. The number of halogens is 1. The second-order valence-electron chi connectivity index (χ2n) is 9.41. The van der Waals surface area contributed by atoms with Crippen molar-refractivity contribution in [1.29, 1.82) is 0 Å². The normalized spacial score (nSPS) is 25.0. The molecule has 2 fully saturated rings. The molecule has 35 heavy (non-hydrogen) atoms. The molecule has 2 aliphatic carbocycles. The van der Waals surface area contributed by atoms with Gasteiger partial charge in [-0.2, -0.15) is 5.10 Å². The van der Waals surface area contributed by atoms with Crippen molar-refractivity contribution in [2.24, 2.45) is 0 Å². The van der Waals surface area contributed by atoms with Crippen LogP contribution in [0, 0.1) is 12.7 Å². The fourth-order valence-corrected chi connectivity index (χ4v) is 4.79. The number of fused-ring (bicyclic) bond motifs is 1. The summed E-state index contributed by atoms with van der Waals surface area (Å²) >= 11 is 0. The number of rotatable bonds is 6. The number of aliphatic hydroxyl groups is 1. The summed E-state index contributed by atoms with van der Waals surface area (Å²) in [6.45, 7) is 5.19. The van der Waals surface area contributed by atoms with Crippen LogP contribution in [0.5, 0.6) is 5.88 Å². The zero-order valence-corrected chi connectivity index (χ0v) is 20.2. The monoisotopic (exact) mass is 482 g/mol. The highest BCUT2D eigenvalue weighted by atomic mass is 19.1. The number of Topliss-reactive ketones (excluding diaryl/α,β-unsaturated/α-hetero) is 1. The van der Waals surface area contributed by atoms with Gasteiger partial charge in [-0.1, -0.05) is 19.1 Å². The Morgan fingerprint density at radius 3 is 2.63 bits per heavy atom. The molecule has 0 atom stereocenters. The fourth-order valence-electron chi connectivity index (χ4n) is 4.79. The molecule has 9 heteroatoms. The van der Waals surface area contributed by atoms with Crippen molar-refractivity contribution in [2.75, 3.05) is 0 Å². The minimum absolute atomic E-state index is 0.0289. The second-order valence-corrected chi connectivity index (χ2v) is 9.41. The summed E-state index contributed by atoms with van der Waals surface area (Å²) in [7, 11) is 0. The maximum Gasteiger partial charge on any atom is 0.219 e. The number of H-pyrrole nitrogens is 1. The molecular formula is C26H31FN4O4. The molecule has 186 valence electrons. The van der Waals surface area contributed by atoms with Gasteiger partial charge in [-0.3, -0.25) is 14.7 Å². The lowest BCUT2D eigenvalue weighted by Gasteiger charge is -2.46. The van der Waals surface area contributed by atoms with Gasteiger partial charge in [0.05, 0.1) is 23.2 Å². The Morgan fingerprint density at radius 2 is 2.00 bits per heavy atom. The first-order chi connectivity index (χ1) is 16.7. The Balaban J connectivity index is 0.000000243. The molecule has 0 aliphatic heterocycles. The highest BCUT2D eigenvalue weighted by molar-refractivity contribution is 5.90. The summed E-state index contributed by atoms with van der Waals surface area (Å²) in [4.78, 5) is 27.5. The van der Waals surface area contributed by atoms with E-state index < -0.39 is 5.41 Å². The highest BCUT2D eigenvalue weighted by Crippen LogP contribution is 2.48. The van der Waals surface area contributed by atoms with Crippen LogP contribution in [0.3, 0.4) is 0 Å². The number of aliphatic hydroxyl groups excluding tert-OH is 1. The van der Waals surface area contributed by atoms with Gasteiger partial charge in [0, 0.05) is 36.9 Å². The Kier molecular flexibility index (Phi) is 7.16. The Bertz CT molecular complexity index is 1190. The van der Waals surface area contributed by atoms with Gasteiger partial charge in [0.15, 0.2) is 0 Å². The molecule has 1 amide bonds. The first kappa shape index (κ1) is 24.8. The fraction of sp³-hybridized carbons (Fsp3) is 0.462. The quantitative estimate of drug-likeness (QED) is 0.495. The van der Waals surface area contributed by atoms with Crippen LogP contribution < -0.4 is 10.1 Å². The number of ketones is 1. The van der Waals surface area contributed by atoms with Crippen LogP contribution in [-0.4, -0.2) is 50.2 Å². The van der Waals surface area contributed by atoms with Gasteiger partial charge in [-0.25, -0.2) is 9.37 Å². The number of pyridine rings is 1. The standard InChI is InChI=1S/C19H18FN3O2.C7H13NO2/c1-11-4-3-5-14(20)18(11)19(12(2)24)8-13(9-19)25-17-7-6-15-16(22-17)10-21-23-15;1-2-7(10)8-5-3-6(9)4-5/h3-7,10,13H,8-9H2,1-2H3,(H,21,23);5-6,9H,2-4H2,1H3,(H,8,10). The maximum atomic E-state index is 14.4. The number of aromatic amines is 1. The smallest absolute Gasteiger partial charge is 0.219 e. The molecule has 1 aromatic carbocycles.